The Bertz CT molecular complexity index is 1020. The first kappa shape index (κ1) is 22.8. The van der Waals surface area contributed by atoms with Gasteiger partial charge in [-0.1, -0.05) is 66.7 Å². The number of para-hydroxylation sites is 1. The molecule has 3 aliphatic rings. The minimum absolute atomic E-state index is 0.305. The summed E-state index contributed by atoms with van der Waals surface area (Å²) in [4.78, 5) is 5.24. The van der Waals surface area contributed by atoms with Crippen LogP contribution in [0.5, 0.6) is 11.5 Å². The Kier molecular flexibility index (Phi) is 6.77. The monoisotopic (exact) mass is 456 g/mol. The molecule has 0 saturated carbocycles. The highest BCUT2D eigenvalue weighted by Crippen LogP contribution is 2.47. The van der Waals surface area contributed by atoms with Gasteiger partial charge < -0.3 is 14.4 Å². The smallest absolute Gasteiger partial charge is 0.184 e. The second-order valence-corrected chi connectivity index (χ2v) is 9.51. The highest BCUT2D eigenvalue weighted by molar-refractivity contribution is 5.65. The number of likely N-dealkylation sites (N-methyl/N-ethyl adjacent to an activating group) is 1. The van der Waals surface area contributed by atoms with Crippen molar-refractivity contribution in [1.82, 2.24) is 4.90 Å². The van der Waals surface area contributed by atoms with Gasteiger partial charge in [0.15, 0.2) is 11.5 Å². The number of hydrogen-bond acceptors (Lipinski definition) is 4. The number of rotatable bonds is 8. The molecular weight excluding hydrogens is 420 g/mol. The van der Waals surface area contributed by atoms with Crippen LogP contribution in [0.1, 0.15) is 36.8 Å². The van der Waals surface area contributed by atoms with Crippen molar-refractivity contribution in [3.05, 3.63) is 90.0 Å². The third-order valence-electron chi connectivity index (χ3n) is 7.78. The summed E-state index contributed by atoms with van der Waals surface area (Å²) in [6, 6.07) is 29.2. The molecule has 3 aromatic carbocycles. The lowest BCUT2D eigenvalue weighted by Gasteiger charge is -2.56. The third-order valence-corrected chi connectivity index (χ3v) is 7.78. The van der Waals surface area contributed by atoms with Gasteiger partial charge in [0.25, 0.3) is 0 Å². The normalized spacial score (nSPS) is 23.6. The highest BCUT2D eigenvalue weighted by atomic mass is 16.5. The first-order valence-electron chi connectivity index (χ1n) is 12.6. The van der Waals surface area contributed by atoms with Gasteiger partial charge in [-0.3, -0.25) is 4.90 Å². The minimum Gasteiger partial charge on any atom is -0.493 e. The molecule has 4 nitrogen and oxygen atoms in total. The molecule has 6 rings (SSSR count). The second-order valence-electron chi connectivity index (χ2n) is 9.51. The Morgan fingerprint density at radius 3 is 2.06 bits per heavy atom. The molecule has 0 spiro atoms. The average Bonchev–Trinajstić information content (AvgIpc) is 2.90. The Hall–Kier alpha value is -2.98. The van der Waals surface area contributed by atoms with E-state index in [4.69, 9.17) is 9.47 Å². The lowest BCUT2D eigenvalue weighted by Crippen LogP contribution is -2.65. The lowest BCUT2D eigenvalue weighted by atomic mass is 9.70. The molecule has 0 N–H and O–H groups in total. The van der Waals surface area contributed by atoms with Crippen LogP contribution in [-0.4, -0.2) is 50.8 Å². The molecule has 178 valence electrons. The van der Waals surface area contributed by atoms with Gasteiger partial charge in [-0.25, -0.2) is 0 Å². The maximum Gasteiger partial charge on any atom is 0.184 e. The van der Waals surface area contributed by atoms with Crippen LogP contribution in [0.3, 0.4) is 0 Å². The fourth-order valence-corrected chi connectivity index (χ4v) is 6.31. The van der Waals surface area contributed by atoms with Crippen LogP contribution < -0.4 is 14.4 Å². The van der Waals surface area contributed by atoms with Crippen molar-refractivity contribution in [2.24, 2.45) is 5.92 Å². The van der Waals surface area contributed by atoms with Crippen molar-refractivity contribution in [3.8, 4) is 11.5 Å². The summed E-state index contributed by atoms with van der Waals surface area (Å²) in [5.74, 6) is 2.60. The fraction of sp³-hybridized carbons (Fsp3) is 0.400. The molecule has 3 saturated heterocycles. The number of nitrogens with zero attached hydrogens (tertiary/aromatic N) is 2. The van der Waals surface area contributed by atoms with Gasteiger partial charge in [-0.2, -0.15) is 0 Å². The molecule has 3 heterocycles. The Morgan fingerprint density at radius 2 is 1.50 bits per heavy atom. The summed E-state index contributed by atoms with van der Waals surface area (Å²) < 4.78 is 11.8. The Morgan fingerprint density at radius 1 is 0.882 bits per heavy atom. The molecule has 3 fully saturated rings. The van der Waals surface area contributed by atoms with Crippen molar-refractivity contribution in [3.63, 3.8) is 0 Å². The number of hydrogen-bond donors (Lipinski definition) is 0. The highest BCUT2D eigenvalue weighted by Gasteiger charge is 2.48. The van der Waals surface area contributed by atoms with Gasteiger partial charge in [0.05, 0.1) is 19.4 Å². The first-order valence-corrected chi connectivity index (χ1v) is 12.6. The van der Waals surface area contributed by atoms with Crippen molar-refractivity contribution >= 4 is 5.69 Å². The largest absolute Gasteiger partial charge is 0.493 e. The van der Waals surface area contributed by atoms with E-state index in [0.717, 1.165) is 17.2 Å². The van der Waals surface area contributed by atoms with Crippen LogP contribution in [-0.2, 0) is 0 Å². The predicted octanol–water partition coefficient (Wildman–Crippen LogP) is 5.83. The molecule has 0 amide bonds. The van der Waals surface area contributed by atoms with E-state index in [-0.39, 0.29) is 0 Å². The van der Waals surface area contributed by atoms with E-state index in [2.05, 4.69) is 89.6 Å². The predicted molar refractivity (Wildman–Crippen MR) is 139 cm³/mol. The molecule has 0 radical (unpaired) electrons. The number of ether oxygens (including phenoxy) is 2. The van der Waals surface area contributed by atoms with Gasteiger partial charge in [0.2, 0.25) is 0 Å². The van der Waals surface area contributed by atoms with Crippen LogP contribution in [0.4, 0.5) is 5.69 Å². The summed E-state index contributed by atoms with van der Waals surface area (Å²) in [7, 11) is 3.98. The molecule has 0 aliphatic carbocycles. The van der Waals surface area contributed by atoms with Crippen LogP contribution in [0.15, 0.2) is 78.9 Å². The Balaban J connectivity index is 1.61. The van der Waals surface area contributed by atoms with Crippen LogP contribution in [0.25, 0.3) is 0 Å². The molecule has 2 atom stereocenters. The van der Waals surface area contributed by atoms with Crippen LogP contribution >= 0.6 is 0 Å². The van der Waals surface area contributed by atoms with Crippen molar-refractivity contribution < 1.29 is 9.47 Å². The van der Waals surface area contributed by atoms with Crippen molar-refractivity contribution in [1.29, 1.82) is 0 Å². The maximum atomic E-state index is 6.14. The van der Waals surface area contributed by atoms with Crippen LogP contribution in [0.2, 0.25) is 0 Å². The molecule has 3 aliphatic heterocycles. The summed E-state index contributed by atoms with van der Waals surface area (Å²) in [6.07, 6.45) is 2.49. The topological polar surface area (TPSA) is 24.9 Å². The molecule has 3 aromatic rings. The molecule has 0 unspecified atom stereocenters. The van der Waals surface area contributed by atoms with E-state index >= 15 is 0 Å². The maximum absolute atomic E-state index is 6.14. The lowest BCUT2D eigenvalue weighted by molar-refractivity contribution is 0.0184. The van der Waals surface area contributed by atoms with E-state index in [1.807, 2.05) is 13.0 Å². The molecule has 4 heteroatoms. The molecule has 0 aromatic heterocycles. The first-order chi connectivity index (χ1) is 16.7. The number of benzene rings is 3. The zero-order chi connectivity index (χ0) is 23.5. The summed E-state index contributed by atoms with van der Waals surface area (Å²) in [5, 5.41) is 0. The van der Waals surface area contributed by atoms with Crippen molar-refractivity contribution in [2.75, 3.05) is 38.8 Å². The Labute approximate surface area is 204 Å². The molecule has 34 heavy (non-hydrogen) atoms. The number of piperidine rings is 3. The second kappa shape index (κ2) is 10.1. The van der Waals surface area contributed by atoms with E-state index in [1.54, 1.807) is 7.11 Å². The van der Waals surface area contributed by atoms with Crippen LogP contribution in [0, 0.1) is 5.92 Å². The van der Waals surface area contributed by atoms with Gasteiger partial charge in [0, 0.05) is 25.0 Å². The fourth-order valence-electron chi connectivity index (χ4n) is 6.31. The van der Waals surface area contributed by atoms with Gasteiger partial charge in [-0.05, 0) is 62.0 Å². The van der Waals surface area contributed by atoms with Gasteiger partial charge >= 0.3 is 0 Å². The molecular formula is C30H36N2O2. The van der Waals surface area contributed by atoms with E-state index < -0.39 is 0 Å². The quantitative estimate of drug-likeness (QED) is 0.426. The standard InChI is InChI=1S/C30H36N2O2/c1-4-34-30-25(16-11-17-26(30)33-3)31(2)28-24-18-20-32(21-19-24)29(28)27(22-12-7-5-8-13-22)23-14-9-6-10-15-23/h5-17,24,27-29H,4,18-21H2,1-3H3/t28-,29-/m1/s1. The van der Waals surface area contributed by atoms with Crippen molar-refractivity contribution in [2.45, 2.75) is 37.8 Å². The zero-order valence-corrected chi connectivity index (χ0v) is 20.6. The summed E-state index contributed by atoms with van der Waals surface area (Å²) in [5.41, 5.74) is 3.89. The average molecular weight is 457 g/mol. The van der Waals surface area contributed by atoms with E-state index in [1.165, 1.54) is 37.1 Å². The number of methoxy groups -OCH3 is 1. The van der Waals surface area contributed by atoms with Gasteiger partial charge in [-0.15, -0.1) is 0 Å². The SMILES string of the molecule is CCOc1c(OC)cccc1N(C)[C@@H]1C2CCN(CC2)[C@@H]1C(c1ccccc1)c1ccccc1. The summed E-state index contributed by atoms with van der Waals surface area (Å²) in [6.45, 7) is 4.99. The van der Waals surface area contributed by atoms with Gasteiger partial charge in [0.1, 0.15) is 0 Å². The molecule has 2 bridgehead atoms. The zero-order valence-electron chi connectivity index (χ0n) is 20.6. The van der Waals surface area contributed by atoms with E-state index in [0.29, 0.717) is 30.5 Å². The number of anilines is 1. The minimum atomic E-state index is 0.305. The summed E-state index contributed by atoms with van der Waals surface area (Å²) >= 11 is 0. The van der Waals surface area contributed by atoms with E-state index in [9.17, 15) is 0 Å². The third kappa shape index (κ3) is 4.16. The number of fused-ring (bicyclic) bond motifs is 3.